The molecule has 0 aliphatic rings. The summed E-state index contributed by atoms with van der Waals surface area (Å²) in [5, 5.41) is 7.01. The van der Waals surface area contributed by atoms with Gasteiger partial charge >= 0.3 is 0 Å². The smallest absolute Gasteiger partial charge is 0.230 e. The molecule has 130 valence electrons. The fraction of sp³-hybridized carbons (Fsp3) is 0.316. The van der Waals surface area contributed by atoms with Crippen LogP contribution in [-0.4, -0.2) is 27.7 Å². The van der Waals surface area contributed by atoms with Crippen LogP contribution in [-0.2, 0) is 4.79 Å². The molecule has 1 atom stereocenters. The first-order valence-electron chi connectivity index (χ1n) is 8.30. The highest BCUT2D eigenvalue weighted by atomic mass is 32.2. The number of nitrogens with one attached hydrogen (secondary N) is 1. The van der Waals surface area contributed by atoms with Crippen LogP contribution in [0.1, 0.15) is 25.8 Å². The summed E-state index contributed by atoms with van der Waals surface area (Å²) in [4.78, 5) is 21.9. The van der Waals surface area contributed by atoms with Crippen molar-refractivity contribution < 1.29 is 4.79 Å². The maximum atomic E-state index is 12.1. The molecular weight excluding hydrogens is 350 g/mol. The molecule has 2 aromatic heterocycles. The lowest BCUT2D eigenvalue weighted by Crippen LogP contribution is -2.33. The van der Waals surface area contributed by atoms with Gasteiger partial charge in [0, 0.05) is 17.0 Å². The monoisotopic (exact) mass is 371 g/mol. The molecular formula is C19H21N3OS2. The van der Waals surface area contributed by atoms with E-state index in [1.165, 1.54) is 17.3 Å². The number of carbonyl (C=O) groups excluding carboxylic acids is 1. The molecule has 1 aromatic carbocycles. The number of fused-ring (bicyclic) bond motifs is 1. The fourth-order valence-corrected chi connectivity index (χ4v) is 4.26. The average molecular weight is 372 g/mol. The third kappa shape index (κ3) is 4.19. The maximum absolute atomic E-state index is 12.1. The van der Waals surface area contributed by atoms with E-state index in [9.17, 15) is 4.79 Å². The van der Waals surface area contributed by atoms with Gasteiger partial charge in [-0.1, -0.05) is 48.5 Å². The van der Waals surface area contributed by atoms with Crippen LogP contribution in [0.15, 0.2) is 41.0 Å². The van der Waals surface area contributed by atoms with Crippen molar-refractivity contribution in [1.82, 2.24) is 15.3 Å². The Labute approximate surface area is 156 Å². The number of carbonyl (C=O) groups is 1. The maximum Gasteiger partial charge on any atom is 0.230 e. The average Bonchev–Trinajstić information content (AvgIpc) is 3.05. The van der Waals surface area contributed by atoms with Gasteiger partial charge in [-0.25, -0.2) is 9.97 Å². The Balaban J connectivity index is 1.87. The molecule has 0 aliphatic carbocycles. The second kappa shape index (κ2) is 7.97. The van der Waals surface area contributed by atoms with Gasteiger partial charge in [-0.05, 0) is 25.8 Å². The lowest BCUT2D eigenvalue weighted by atomic mass is 10.1. The molecule has 6 heteroatoms. The van der Waals surface area contributed by atoms with E-state index in [0.29, 0.717) is 5.75 Å². The molecule has 1 amide bonds. The van der Waals surface area contributed by atoms with Gasteiger partial charge in [-0.3, -0.25) is 4.79 Å². The Hall–Kier alpha value is -1.92. The molecule has 0 saturated carbocycles. The van der Waals surface area contributed by atoms with E-state index >= 15 is 0 Å². The number of aryl methyl sites for hydroxylation is 1. The highest BCUT2D eigenvalue weighted by Crippen LogP contribution is 2.37. The van der Waals surface area contributed by atoms with Crippen molar-refractivity contribution in [3.05, 3.63) is 41.5 Å². The van der Waals surface area contributed by atoms with Crippen LogP contribution in [0.5, 0.6) is 0 Å². The lowest BCUT2D eigenvalue weighted by molar-refractivity contribution is -0.119. The van der Waals surface area contributed by atoms with E-state index in [1.807, 2.05) is 6.92 Å². The first-order chi connectivity index (χ1) is 12.1. The van der Waals surface area contributed by atoms with E-state index < -0.39 is 0 Å². The molecule has 0 fully saturated rings. The minimum Gasteiger partial charge on any atom is -0.353 e. The number of aromatic nitrogens is 2. The quantitative estimate of drug-likeness (QED) is 0.505. The second-order valence-electron chi connectivity index (χ2n) is 6.04. The second-order valence-corrected chi connectivity index (χ2v) is 7.86. The van der Waals surface area contributed by atoms with Gasteiger partial charge in [0.2, 0.25) is 5.91 Å². The summed E-state index contributed by atoms with van der Waals surface area (Å²) in [6.45, 7) is 6.15. The Kier molecular flexibility index (Phi) is 5.71. The van der Waals surface area contributed by atoms with Crippen LogP contribution < -0.4 is 5.32 Å². The number of thioether (sulfide) groups is 1. The molecule has 0 aliphatic heterocycles. The molecule has 1 unspecified atom stereocenters. The minimum atomic E-state index is 0.0400. The SMILES string of the molecule is CCC(C)NC(=O)CSc1ncnc2scc(-c3ccc(C)cc3)c12. The van der Waals surface area contributed by atoms with Crippen LogP contribution in [0.25, 0.3) is 21.3 Å². The highest BCUT2D eigenvalue weighted by molar-refractivity contribution is 8.00. The van der Waals surface area contributed by atoms with Gasteiger partial charge in [0.05, 0.1) is 11.1 Å². The van der Waals surface area contributed by atoms with Crippen LogP contribution in [0.3, 0.4) is 0 Å². The summed E-state index contributed by atoms with van der Waals surface area (Å²) in [5.41, 5.74) is 3.51. The number of hydrogen-bond acceptors (Lipinski definition) is 5. The molecule has 1 N–H and O–H groups in total. The van der Waals surface area contributed by atoms with E-state index in [-0.39, 0.29) is 11.9 Å². The van der Waals surface area contributed by atoms with Crippen molar-refractivity contribution in [2.24, 2.45) is 0 Å². The molecule has 25 heavy (non-hydrogen) atoms. The summed E-state index contributed by atoms with van der Waals surface area (Å²) < 4.78 is 0. The third-order valence-corrected chi connectivity index (χ3v) is 5.93. The minimum absolute atomic E-state index is 0.0400. The molecule has 0 spiro atoms. The molecule has 3 aromatic rings. The number of rotatable bonds is 6. The Morgan fingerprint density at radius 2 is 2.04 bits per heavy atom. The Morgan fingerprint density at radius 3 is 2.76 bits per heavy atom. The standard InChI is InChI=1S/C19H21N3OS2/c1-4-13(3)22-16(23)10-25-19-17-15(9-24-18(17)20-11-21-19)14-7-5-12(2)6-8-14/h5-9,11,13H,4,10H2,1-3H3,(H,22,23). The zero-order chi connectivity index (χ0) is 17.8. The van der Waals surface area contributed by atoms with Gasteiger partial charge in [0.25, 0.3) is 0 Å². The predicted molar refractivity (Wildman–Crippen MR) is 106 cm³/mol. The van der Waals surface area contributed by atoms with E-state index in [4.69, 9.17) is 0 Å². The van der Waals surface area contributed by atoms with Crippen LogP contribution in [0.2, 0.25) is 0 Å². The predicted octanol–water partition coefficient (Wildman–Crippen LogP) is 4.67. The molecule has 2 heterocycles. The van der Waals surface area contributed by atoms with Crippen molar-refractivity contribution in [2.45, 2.75) is 38.3 Å². The zero-order valence-corrected chi connectivity index (χ0v) is 16.2. The summed E-state index contributed by atoms with van der Waals surface area (Å²) >= 11 is 3.08. The van der Waals surface area contributed by atoms with Crippen LogP contribution in [0.4, 0.5) is 0 Å². The van der Waals surface area contributed by atoms with Gasteiger partial charge in [0.15, 0.2) is 0 Å². The first-order valence-corrected chi connectivity index (χ1v) is 10.2. The number of thiophene rings is 1. The van der Waals surface area contributed by atoms with E-state index in [1.54, 1.807) is 17.7 Å². The first kappa shape index (κ1) is 17.9. The molecule has 4 nitrogen and oxygen atoms in total. The third-order valence-electron chi connectivity index (χ3n) is 4.06. The molecule has 3 rings (SSSR count). The van der Waals surface area contributed by atoms with Gasteiger partial charge in [0.1, 0.15) is 16.2 Å². The van der Waals surface area contributed by atoms with Gasteiger partial charge < -0.3 is 5.32 Å². The van der Waals surface area contributed by atoms with Crippen molar-refractivity contribution in [3.8, 4) is 11.1 Å². The van der Waals surface area contributed by atoms with Crippen molar-refractivity contribution in [1.29, 1.82) is 0 Å². The summed E-state index contributed by atoms with van der Waals surface area (Å²) in [6, 6.07) is 8.65. The molecule has 0 radical (unpaired) electrons. The van der Waals surface area contributed by atoms with Crippen molar-refractivity contribution >= 4 is 39.2 Å². The number of amides is 1. The largest absolute Gasteiger partial charge is 0.353 e. The van der Waals surface area contributed by atoms with E-state index in [0.717, 1.165) is 32.8 Å². The van der Waals surface area contributed by atoms with Crippen LogP contribution >= 0.6 is 23.1 Å². The highest BCUT2D eigenvalue weighted by Gasteiger charge is 2.15. The topological polar surface area (TPSA) is 54.9 Å². The molecule has 0 bridgehead atoms. The normalized spacial score (nSPS) is 12.3. The fourth-order valence-electron chi connectivity index (χ4n) is 2.46. The van der Waals surface area contributed by atoms with Crippen molar-refractivity contribution in [3.63, 3.8) is 0 Å². The zero-order valence-electron chi connectivity index (χ0n) is 14.6. The van der Waals surface area contributed by atoms with Crippen molar-refractivity contribution in [2.75, 3.05) is 5.75 Å². The van der Waals surface area contributed by atoms with Gasteiger partial charge in [-0.2, -0.15) is 0 Å². The van der Waals surface area contributed by atoms with Gasteiger partial charge in [-0.15, -0.1) is 11.3 Å². The molecule has 0 saturated heterocycles. The summed E-state index contributed by atoms with van der Waals surface area (Å²) in [5.74, 6) is 0.401. The van der Waals surface area contributed by atoms with Crippen LogP contribution in [0, 0.1) is 6.92 Å². The lowest BCUT2D eigenvalue weighted by Gasteiger charge is -2.11. The number of nitrogens with zero attached hydrogens (tertiary/aromatic N) is 2. The van der Waals surface area contributed by atoms with E-state index in [2.05, 4.69) is 58.8 Å². The summed E-state index contributed by atoms with van der Waals surface area (Å²) in [6.07, 6.45) is 2.50. The Morgan fingerprint density at radius 1 is 1.28 bits per heavy atom. The summed E-state index contributed by atoms with van der Waals surface area (Å²) in [7, 11) is 0. The Bertz CT molecular complexity index is 874. The number of benzene rings is 1. The number of hydrogen-bond donors (Lipinski definition) is 1.